The number of nitrogens with zero attached hydrogens (tertiary/aromatic N) is 1. The number of anilines is 1. The minimum Gasteiger partial charge on any atom is -0.399 e. The van der Waals surface area contributed by atoms with E-state index in [1.165, 1.54) is 24.0 Å². The van der Waals surface area contributed by atoms with Crippen LogP contribution in [0.3, 0.4) is 0 Å². The van der Waals surface area contributed by atoms with Crippen molar-refractivity contribution >= 4 is 30.5 Å². The van der Waals surface area contributed by atoms with E-state index in [0.29, 0.717) is 6.04 Å². The Labute approximate surface area is 110 Å². The molecule has 1 atom stereocenters. The lowest BCUT2D eigenvalue weighted by atomic mass is 9.93. The Balaban J connectivity index is 0.00000112. The maximum Gasteiger partial charge on any atom is 0.0317 e. The molecular formula is C12H20Cl2N2. The van der Waals surface area contributed by atoms with Crippen molar-refractivity contribution in [1.29, 1.82) is 0 Å². The molecule has 0 fully saturated rings. The molecule has 0 bridgehead atoms. The van der Waals surface area contributed by atoms with Crippen LogP contribution in [0.1, 0.15) is 24.5 Å². The van der Waals surface area contributed by atoms with Gasteiger partial charge in [0.05, 0.1) is 0 Å². The first kappa shape index (κ1) is 15.6. The third-order valence-corrected chi connectivity index (χ3v) is 3.20. The Morgan fingerprint density at radius 3 is 2.62 bits per heavy atom. The number of halogens is 2. The zero-order valence-corrected chi connectivity index (χ0v) is 11.4. The van der Waals surface area contributed by atoms with Crippen LogP contribution >= 0.6 is 24.8 Å². The van der Waals surface area contributed by atoms with Gasteiger partial charge in [0, 0.05) is 18.3 Å². The van der Waals surface area contributed by atoms with Crippen LogP contribution < -0.4 is 5.73 Å². The lowest BCUT2D eigenvalue weighted by molar-refractivity contribution is 0.210. The van der Waals surface area contributed by atoms with Crippen molar-refractivity contribution in [2.75, 3.05) is 12.8 Å². The first-order valence-electron chi connectivity index (χ1n) is 5.28. The molecule has 2 N–H and O–H groups in total. The number of benzene rings is 1. The van der Waals surface area contributed by atoms with Crippen molar-refractivity contribution in [2.24, 2.45) is 0 Å². The third kappa shape index (κ3) is 3.03. The Hall–Kier alpha value is -0.440. The molecule has 0 saturated heterocycles. The van der Waals surface area contributed by atoms with E-state index < -0.39 is 0 Å². The van der Waals surface area contributed by atoms with E-state index in [1.54, 1.807) is 0 Å². The van der Waals surface area contributed by atoms with E-state index in [1.807, 2.05) is 6.07 Å². The number of hydrogen-bond acceptors (Lipinski definition) is 2. The molecule has 0 radical (unpaired) electrons. The second-order valence-corrected chi connectivity index (χ2v) is 4.21. The fourth-order valence-corrected chi connectivity index (χ4v) is 2.26. The zero-order valence-electron chi connectivity index (χ0n) is 9.77. The standard InChI is InChI=1S/C12H18N2.2ClH/c1-3-12-7-9-4-5-11(13)6-10(9)8-14(12)2;;/h4-6,12H,3,7-8,13H2,1-2H3;2*1H. The van der Waals surface area contributed by atoms with E-state index >= 15 is 0 Å². The van der Waals surface area contributed by atoms with Crippen LogP contribution in [-0.4, -0.2) is 18.0 Å². The maximum atomic E-state index is 5.78. The van der Waals surface area contributed by atoms with Crippen LogP contribution in [0.5, 0.6) is 0 Å². The minimum atomic E-state index is 0. The first-order chi connectivity index (χ1) is 6.70. The van der Waals surface area contributed by atoms with Gasteiger partial charge in [-0.15, -0.1) is 24.8 Å². The van der Waals surface area contributed by atoms with E-state index in [9.17, 15) is 0 Å². The molecule has 0 aliphatic carbocycles. The van der Waals surface area contributed by atoms with Crippen molar-refractivity contribution < 1.29 is 0 Å². The van der Waals surface area contributed by atoms with Crippen molar-refractivity contribution in [3.63, 3.8) is 0 Å². The van der Waals surface area contributed by atoms with Gasteiger partial charge in [-0.2, -0.15) is 0 Å². The monoisotopic (exact) mass is 262 g/mol. The fourth-order valence-electron chi connectivity index (χ4n) is 2.26. The van der Waals surface area contributed by atoms with Crippen molar-refractivity contribution in [2.45, 2.75) is 32.4 Å². The van der Waals surface area contributed by atoms with Crippen LogP contribution in [0, 0.1) is 0 Å². The summed E-state index contributed by atoms with van der Waals surface area (Å²) in [4.78, 5) is 2.42. The molecule has 16 heavy (non-hydrogen) atoms. The smallest absolute Gasteiger partial charge is 0.0317 e. The lowest BCUT2D eigenvalue weighted by Gasteiger charge is -2.33. The molecule has 1 aromatic carbocycles. The minimum absolute atomic E-state index is 0. The quantitative estimate of drug-likeness (QED) is 0.789. The third-order valence-electron chi connectivity index (χ3n) is 3.20. The number of fused-ring (bicyclic) bond motifs is 1. The number of nitrogen functional groups attached to an aromatic ring is 1. The number of hydrogen-bond donors (Lipinski definition) is 1. The van der Waals surface area contributed by atoms with Crippen LogP contribution in [0.25, 0.3) is 0 Å². The SMILES string of the molecule is CCC1Cc2ccc(N)cc2CN1C.Cl.Cl. The molecule has 2 nitrogen and oxygen atoms in total. The highest BCUT2D eigenvalue weighted by Crippen LogP contribution is 2.25. The summed E-state index contributed by atoms with van der Waals surface area (Å²) in [5.41, 5.74) is 9.53. The predicted molar refractivity (Wildman–Crippen MR) is 74.6 cm³/mol. The maximum absolute atomic E-state index is 5.78. The van der Waals surface area contributed by atoms with Gasteiger partial charge in [-0.25, -0.2) is 0 Å². The fraction of sp³-hybridized carbons (Fsp3) is 0.500. The Bertz CT molecular complexity index is 342. The van der Waals surface area contributed by atoms with Gasteiger partial charge in [-0.1, -0.05) is 13.0 Å². The molecule has 0 amide bonds. The summed E-state index contributed by atoms with van der Waals surface area (Å²) in [6, 6.07) is 7.00. The highest BCUT2D eigenvalue weighted by Gasteiger charge is 2.21. The Kier molecular flexibility index (Phi) is 6.16. The number of likely N-dealkylation sites (N-methyl/N-ethyl adjacent to an activating group) is 1. The van der Waals surface area contributed by atoms with Gasteiger partial charge in [0.1, 0.15) is 0 Å². The van der Waals surface area contributed by atoms with E-state index in [4.69, 9.17) is 5.73 Å². The molecule has 1 heterocycles. The summed E-state index contributed by atoms with van der Waals surface area (Å²) in [6.45, 7) is 3.29. The van der Waals surface area contributed by atoms with Crippen LogP contribution in [-0.2, 0) is 13.0 Å². The normalized spacial score (nSPS) is 19.2. The molecule has 1 aromatic rings. The van der Waals surface area contributed by atoms with Gasteiger partial charge in [-0.3, -0.25) is 4.90 Å². The molecule has 92 valence electrons. The molecule has 1 aliphatic heterocycles. The second-order valence-electron chi connectivity index (χ2n) is 4.21. The Morgan fingerprint density at radius 1 is 1.31 bits per heavy atom. The van der Waals surface area contributed by atoms with Crippen LogP contribution in [0.2, 0.25) is 0 Å². The molecule has 2 rings (SSSR count). The van der Waals surface area contributed by atoms with E-state index in [2.05, 4.69) is 31.0 Å². The lowest BCUT2D eigenvalue weighted by Crippen LogP contribution is -2.36. The summed E-state index contributed by atoms with van der Waals surface area (Å²) < 4.78 is 0. The van der Waals surface area contributed by atoms with Crippen LogP contribution in [0.4, 0.5) is 5.69 Å². The van der Waals surface area contributed by atoms with Gasteiger partial charge in [0.15, 0.2) is 0 Å². The summed E-state index contributed by atoms with van der Waals surface area (Å²) in [7, 11) is 2.19. The van der Waals surface area contributed by atoms with Crippen molar-refractivity contribution in [3.05, 3.63) is 29.3 Å². The predicted octanol–water partition coefficient (Wildman–Crippen LogP) is 2.88. The average molecular weight is 263 g/mol. The number of nitrogens with two attached hydrogens (primary N) is 1. The molecular weight excluding hydrogens is 243 g/mol. The molecule has 0 spiro atoms. The van der Waals surface area contributed by atoms with Gasteiger partial charge in [0.25, 0.3) is 0 Å². The summed E-state index contributed by atoms with van der Waals surface area (Å²) >= 11 is 0. The molecule has 1 unspecified atom stereocenters. The zero-order chi connectivity index (χ0) is 10.1. The van der Waals surface area contributed by atoms with Gasteiger partial charge in [-0.05, 0) is 43.1 Å². The summed E-state index contributed by atoms with van der Waals surface area (Å²) in [6.07, 6.45) is 2.39. The number of rotatable bonds is 1. The Morgan fingerprint density at radius 2 is 2.00 bits per heavy atom. The molecule has 4 heteroatoms. The van der Waals surface area contributed by atoms with E-state index in [0.717, 1.165) is 12.2 Å². The molecule has 1 aliphatic rings. The van der Waals surface area contributed by atoms with Crippen molar-refractivity contribution in [1.82, 2.24) is 4.90 Å². The van der Waals surface area contributed by atoms with Gasteiger partial charge in [0.2, 0.25) is 0 Å². The largest absolute Gasteiger partial charge is 0.399 e. The highest BCUT2D eigenvalue weighted by atomic mass is 35.5. The first-order valence-corrected chi connectivity index (χ1v) is 5.28. The second kappa shape index (κ2) is 6.33. The average Bonchev–Trinajstić information content (AvgIpc) is 2.16. The highest BCUT2D eigenvalue weighted by molar-refractivity contribution is 5.85. The molecule has 0 saturated carbocycles. The summed E-state index contributed by atoms with van der Waals surface area (Å²) in [5.74, 6) is 0. The van der Waals surface area contributed by atoms with Crippen LogP contribution in [0.15, 0.2) is 18.2 Å². The van der Waals surface area contributed by atoms with Crippen molar-refractivity contribution in [3.8, 4) is 0 Å². The van der Waals surface area contributed by atoms with Gasteiger partial charge >= 0.3 is 0 Å². The molecule has 0 aromatic heterocycles. The van der Waals surface area contributed by atoms with E-state index in [-0.39, 0.29) is 24.8 Å². The summed E-state index contributed by atoms with van der Waals surface area (Å²) in [5, 5.41) is 0. The topological polar surface area (TPSA) is 29.3 Å². The van der Waals surface area contributed by atoms with Gasteiger partial charge < -0.3 is 5.73 Å².